The normalized spacial score (nSPS) is 22.5. The third-order valence-electron chi connectivity index (χ3n) is 4.81. The van der Waals surface area contributed by atoms with E-state index in [1.807, 2.05) is 18.2 Å². The molecule has 0 amide bonds. The molecule has 1 N–H and O–H groups in total. The minimum Gasteiger partial charge on any atom is -0.444 e. The highest BCUT2D eigenvalue weighted by Gasteiger charge is 2.42. The van der Waals surface area contributed by atoms with Gasteiger partial charge in [0.15, 0.2) is 11.5 Å². The minimum absolute atomic E-state index is 0. The molecule has 2 heterocycles. The Bertz CT molecular complexity index is 780. The zero-order valence-electron chi connectivity index (χ0n) is 13.9. The monoisotopic (exact) mass is 367 g/mol. The van der Waals surface area contributed by atoms with E-state index in [1.165, 1.54) is 12.1 Å². The van der Waals surface area contributed by atoms with Gasteiger partial charge in [-0.2, -0.15) is 0 Å². The van der Waals surface area contributed by atoms with Crippen LogP contribution in [0.25, 0.3) is 0 Å². The lowest BCUT2D eigenvalue weighted by Gasteiger charge is -2.26. The van der Waals surface area contributed by atoms with E-state index in [-0.39, 0.29) is 18.0 Å². The molecule has 6 heteroatoms. The lowest BCUT2D eigenvalue weighted by Crippen LogP contribution is -2.33. The maximum atomic E-state index is 14.2. The van der Waals surface area contributed by atoms with E-state index >= 15 is 0 Å². The third-order valence-corrected chi connectivity index (χ3v) is 4.81. The van der Waals surface area contributed by atoms with E-state index in [1.54, 1.807) is 6.92 Å². The van der Waals surface area contributed by atoms with Crippen molar-refractivity contribution in [3.63, 3.8) is 0 Å². The first kappa shape index (κ1) is 18.0. The summed E-state index contributed by atoms with van der Waals surface area (Å²) in [5.74, 6) is -0.902. The standard InChI is InChI=1S/C19H19F2NO2.ClH/c1-19(15-6-5-13(20)11-16(15)21)23-17-4-2-3-14(18(17)24-19)12-7-9-22-10-8-12;/h2-6,11-12,22H,7-10H2,1H3;1H. The Balaban J connectivity index is 0.00000182. The number of hydrogen-bond acceptors (Lipinski definition) is 3. The first-order valence-electron chi connectivity index (χ1n) is 8.24. The van der Waals surface area contributed by atoms with E-state index in [2.05, 4.69) is 5.32 Å². The quantitative estimate of drug-likeness (QED) is 0.847. The predicted octanol–water partition coefficient (Wildman–Crippen LogP) is 4.50. The van der Waals surface area contributed by atoms with Gasteiger partial charge in [0.25, 0.3) is 5.79 Å². The van der Waals surface area contributed by atoms with Gasteiger partial charge in [0, 0.05) is 18.6 Å². The van der Waals surface area contributed by atoms with Crippen LogP contribution in [0.5, 0.6) is 11.5 Å². The summed E-state index contributed by atoms with van der Waals surface area (Å²) >= 11 is 0. The van der Waals surface area contributed by atoms with E-state index in [0.717, 1.165) is 37.6 Å². The average molecular weight is 368 g/mol. The van der Waals surface area contributed by atoms with Gasteiger partial charge in [0.05, 0.1) is 5.56 Å². The number of piperidine rings is 1. The summed E-state index contributed by atoms with van der Waals surface area (Å²) in [6, 6.07) is 9.25. The maximum Gasteiger partial charge on any atom is 0.278 e. The second kappa shape index (κ2) is 6.81. The Morgan fingerprint density at radius 3 is 2.56 bits per heavy atom. The number of para-hydroxylation sites is 1. The Morgan fingerprint density at radius 2 is 1.84 bits per heavy atom. The summed E-state index contributed by atoms with van der Waals surface area (Å²) in [7, 11) is 0. The van der Waals surface area contributed by atoms with Crippen LogP contribution in [0.15, 0.2) is 36.4 Å². The fourth-order valence-corrected chi connectivity index (χ4v) is 3.57. The van der Waals surface area contributed by atoms with Crippen molar-refractivity contribution in [2.24, 2.45) is 0 Å². The van der Waals surface area contributed by atoms with Crippen molar-refractivity contribution in [2.45, 2.75) is 31.5 Å². The SMILES string of the molecule is CC1(c2ccc(F)cc2F)Oc2cccc(C3CCNCC3)c2O1.Cl. The molecular weight excluding hydrogens is 348 g/mol. The molecule has 134 valence electrons. The van der Waals surface area contributed by atoms with Crippen LogP contribution in [-0.4, -0.2) is 13.1 Å². The van der Waals surface area contributed by atoms with Gasteiger partial charge < -0.3 is 14.8 Å². The number of hydrogen-bond donors (Lipinski definition) is 1. The van der Waals surface area contributed by atoms with Gasteiger partial charge in [-0.1, -0.05) is 12.1 Å². The summed E-state index contributed by atoms with van der Waals surface area (Å²) in [5, 5.41) is 3.35. The molecule has 1 saturated heterocycles. The van der Waals surface area contributed by atoms with Crippen molar-refractivity contribution < 1.29 is 18.3 Å². The fourth-order valence-electron chi connectivity index (χ4n) is 3.57. The molecule has 1 unspecified atom stereocenters. The van der Waals surface area contributed by atoms with Crippen LogP contribution in [0, 0.1) is 11.6 Å². The van der Waals surface area contributed by atoms with Gasteiger partial charge >= 0.3 is 0 Å². The number of benzene rings is 2. The highest BCUT2D eigenvalue weighted by atomic mass is 35.5. The van der Waals surface area contributed by atoms with E-state index in [9.17, 15) is 8.78 Å². The van der Waals surface area contributed by atoms with Crippen molar-refractivity contribution in [1.82, 2.24) is 5.32 Å². The molecule has 1 atom stereocenters. The lowest BCUT2D eigenvalue weighted by atomic mass is 9.89. The molecule has 0 aliphatic carbocycles. The average Bonchev–Trinajstić information content (AvgIpc) is 2.92. The largest absolute Gasteiger partial charge is 0.444 e. The fraction of sp³-hybridized carbons (Fsp3) is 0.368. The van der Waals surface area contributed by atoms with Crippen LogP contribution in [0.3, 0.4) is 0 Å². The van der Waals surface area contributed by atoms with E-state index in [4.69, 9.17) is 9.47 Å². The van der Waals surface area contributed by atoms with Gasteiger partial charge in [-0.25, -0.2) is 8.78 Å². The van der Waals surface area contributed by atoms with Crippen LogP contribution >= 0.6 is 12.4 Å². The molecule has 1 fully saturated rings. The second-order valence-electron chi connectivity index (χ2n) is 6.47. The molecule has 0 spiro atoms. The summed E-state index contributed by atoms with van der Waals surface area (Å²) in [4.78, 5) is 0. The summed E-state index contributed by atoms with van der Waals surface area (Å²) in [6.07, 6.45) is 2.06. The molecular formula is C19H20ClF2NO2. The van der Waals surface area contributed by atoms with Gasteiger partial charge in [0.2, 0.25) is 0 Å². The number of halogens is 3. The summed E-state index contributed by atoms with van der Waals surface area (Å²) < 4.78 is 39.4. The molecule has 2 aromatic carbocycles. The van der Waals surface area contributed by atoms with Crippen molar-refractivity contribution in [1.29, 1.82) is 0 Å². The van der Waals surface area contributed by atoms with E-state index in [0.29, 0.717) is 17.4 Å². The predicted molar refractivity (Wildman–Crippen MR) is 93.5 cm³/mol. The second-order valence-corrected chi connectivity index (χ2v) is 6.47. The molecule has 0 bridgehead atoms. The van der Waals surface area contributed by atoms with Crippen molar-refractivity contribution in [3.8, 4) is 11.5 Å². The van der Waals surface area contributed by atoms with Crippen molar-refractivity contribution in [2.75, 3.05) is 13.1 Å². The molecule has 25 heavy (non-hydrogen) atoms. The highest BCUT2D eigenvalue weighted by Crippen LogP contribution is 2.49. The van der Waals surface area contributed by atoms with E-state index < -0.39 is 17.4 Å². The zero-order valence-corrected chi connectivity index (χ0v) is 14.7. The molecule has 2 aliphatic heterocycles. The Labute approximate surface area is 151 Å². The van der Waals surface area contributed by atoms with Crippen LogP contribution in [0.2, 0.25) is 0 Å². The molecule has 2 aliphatic rings. The summed E-state index contributed by atoms with van der Waals surface area (Å²) in [6.45, 7) is 3.60. The van der Waals surface area contributed by atoms with Gasteiger partial charge in [-0.15, -0.1) is 12.4 Å². The molecule has 0 aromatic heterocycles. The van der Waals surface area contributed by atoms with Crippen molar-refractivity contribution >= 4 is 12.4 Å². The first-order valence-corrected chi connectivity index (χ1v) is 8.24. The van der Waals surface area contributed by atoms with Gasteiger partial charge in [-0.3, -0.25) is 0 Å². The topological polar surface area (TPSA) is 30.5 Å². The Hall–Kier alpha value is -1.85. The van der Waals surface area contributed by atoms with Crippen LogP contribution < -0.4 is 14.8 Å². The van der Waals surface area contributed by atoms with Crippen LogP contribution in [-0.2, 0) is 5.79 Å². The maximum absolute atomic E-state index is 14.2. The molecule has 0 saturated carbocycles. The van der Waals surface area contributed by atoms with Crippen LogP contribution in [0.1, 0.15) is 36.8 Å². The third kappa shape index (κ3) is 3.18. The lowest BCUT2D eigenvalue weighted by molar-refractivity contribution is -0.0712. The first-order chi connectivity index (χ1) is 11.6. The van der Waals surface area contributed by atoms with Gasteiger partial charge in [0.1, 0.15) is 11.6 Å². The number of rotatable bonds is 2. The van der Waals surface area contributed by atoms with Gasteiger partial charge in [-0.05, 0) is 50.0 Å². The number of fused-ring (bicyclic) bond motifs is 1. The number of ether oxygens (including phenoxy) is 2. The smallest absolute Gasteiger partial charge is 0.278 e. The zero-order chi connectivity index (χ0) is 16.7. The highest BCUT2D eigenvalue weighted by molar-refractivity contribution is 5.85. The minimum atomic E-state index is -1.29. The summed E-state index contributed by atoms with van der Waals surface area (Å²) in [5.41, 5.74) is 1.29. The van der Waals surface area contributed by atoms with Crippen LogP contribution in [0.4, 0.5) is 8.78 Å². The Kier molecular flexibility index (Phi) is 4.89. The molecule has 2 aromatic rings. The molecule has 3 nitrogen and oxygen atoms in total. The number of nitrogens with one attached hydrogen (secondary N) is 1. The molecule has 0 radical (unpaired) electrons. The van der Waals surface area contributed by atoms with Crippen molar-refractivity contribution in [3.05, 3.63) is 59.2 Å². The Morgan fingerprint density at radius 1 is 1.08 bits per heavy atom. The molecule has 4 rings (SSSR count).